The first-order valence-corrected chi connectivity index (χ1v) is 15.5. The second kappa shape index (κ2) is 13.5. The first-order valence-electron chi connectivity index (χ1n) is 14.7. The molecule has 4 aromatic rings. The van der Waals surface area contributed by atoms with Crippen LogP contribution in [-0.4, -0.2) is 42.1 Å². The van der Waals surface area contributed by atoms with Crippen LogP contribution in [0.25, 0.3) is 0 Å². The van der Waals surface area contributed by atoms with Crippen molar-refractivity contribution in [3.63, 3.8) is 0 Å². The second-order valence-corrected chi connectivity index (χ2v) is 13.0. The molecule has 1 unspecified atom stereocenters. The number of nitrogens with zero attached hydrogens (tertiary/aromatic N) is 1. The van der Waals surface area contributed by atoms with Crippen molar-refractivity contribution in [2.75, 3.05) is 19.4 Å². The molecule has 1 aliphatic heterocycles. The highest BCUT2D eigenvalue weighted by atomic mass is 32.1. The zero-order valence-electron chi connectivity index (χ0n) is 25.6. The van der Waals surface area contributed by atoms with Crippen molar-refractivity contribution in [3.05, 3.63) is 112 Å². The predicted molar refractivity (Wildman–Crippen MR) is 173 cm³/mol. The van der Waals surface area contributed by atoms with Gasteiger partial charge in [0.2, 0.25) is 0 Å². The molecule has 8 nitrogen and oxygen atoms in total. The number of hydrogen-bond acceptors (Lipinski definition) is 8. The summed E-state index contributed by atoms with van der Waals surface area (Å²) in [5.41, 5.74) is 9.71. The van der Waals surface area contributed by atoms with E-state index in [0.29, 0.717) is 54.5 Å². The van der Waals surface area contributed by atoms with Crippen molar-refractivity contribution in [2.24, 2.45) is 0 Å². The number of carbonyl (C=O) groups excluding carboxylic acids is 2. The van der Waals surface area contributed by atoms with Crippen LogP contribution in [0.2, 0.25) is 0 Å². The number of ether oxygens (including phenoxy) is 3. The van der Waals surface area contributed by atoms with E-state index in [2.05, 4.69) is 10.2 Å². The van der Waals surface area contributed by atoms with Gasteiger partial charge in [0.05, 0.1) is 18.2 Å². The summed E-state index contributed by atoms with van der Waals surface area (Å²) in [6, 6.07) is 25.0. The highest BCUT2D eigenvalue weighted by Crippen LogP contribution is 2.38. The van der Waals surface area contributed by atoms with Gasteiger partial charge in [-0.2, -0.15) is 0 Å². The Morgan fingerprint density at radius 3 is 2.39 bits per heavy atom. The lowest BCUT2D eigenvalue weighted by atomic mass is 9.95. The van der Waals surface area contributed by atoms with Crippen LogP contribution >= 0.6 is 11.3 Å². The Labute approximate surface area is 262 Å². The van der Waals surface area contributed by atoms with Gasteiger partial charge in [-0.25, -0.2) is 4.79 Å². The maximum Gasteiger partial charge on any atom is 0.341 e. The largest absolute Gasteiger partial charge is 0.497 e. The topological polar surface area (TPSA) is 103 Å². The van der Waals surface area contributed by atoms with E-state index in [1.165, 1.54) is 11.3 Å². The van der Waals surface area contributed by atoms with Crippen molar-refractivity contribution in [1.29, 1.82) is 0 Å². The first-order chi connectivity index (χ1) is 21.1. The molecule has 0 fully saturated rings. The van der Waals surface area contributed by atoms with Crippen molar-refractivity contribution in [1.82, 2.24) is 10.2 Å². The maximum absolute atomic E-state index is 13.5. The lowest BCUT2D eigenvalue weighted by Crippen LogP contribution is -2.47. The minimum Gasteiger partial charge on any atom is -0.497 e. The first kappa shape index (κ1) is 31.1. The number of thiophene rings is 1. The Kier molecular flexibility index (Phi) is 9.56. The number of para-hydroxylation sites is 1. The molecule has 0 bridgehead atoms. The van der Waals surface area contributed by atoms with Gasteiger partial charge in [0.25, 0.3) is 5.91 Å². The number of anilines is 1. The third-order valence-electron chi connectivity index (χ3n) is 7.44. The normalized spacial score (nSPS) is 14.9. The van der Waals surface area contributed by atoms with E-state index in [1.54, 1.807) is 13.2 Å². The number of rotatable bonds is 10. The number of methoxy groups -OCH3 is 1. The van der Waals surface area contributed by atoms with Crippen LogP contribution in [0.15, 0.2) is 78.9 Å². The van der Waals surface area contributed by atoms with Gasteiger partial charge >= 0.3 is 5.97 Å². The average molecular weight is 614 g/mol. The molecule has 1 atom stereocenters. The zero-order chi connectivity index (χ0) is 31.3. The molecular formula is C35H39N3O5S. The fourth-order valence-corrected chi connectivity index (χ4v) is 6.39. The molecule has 9 heteroatoms. The second-order valence-electron chi connectivity index (χ2n) is 11.8. The van der Waals surface area contributed by atoms with Gasteiger partial charge in [-0.05, 0) is 68.1 Å². The Morgan fingerprint density at radius 2 is 1.68 bits per heavy atom. The number of benzene rings is 3. The summed E-state index contributed by atoms with van der Waals surface area (Å²) in [5.74, 6) is 0.678. The van der Waals surface area contributed by atoms with Gasteiger partial charge in [0.15, 0.2) is 0 Å². The quantitative estimate of drug-likeness (QED) is 0.205. The molecule has 1 aliphatic rings. The Bertz CT molecular complexity index is 1600. The monoisotopic (exact) mass is 613 g/mol. The van der Waals surface area contributed by atoms with Gasteiger partial charge < -0.3 is 25.3 Å². The summed E-state index contributed by atoms with van der Waals surface area (Å²) >= 11 is 1.43. The Balaban J connectivity index is 1.36. The van der Waals surface area contributed by atoms with E-state index in [-0.39, 0.29) is 11.9 Å². The zero-order valence-corrected chi connectivity index (χ0v) is 26.4. The van der Waals surface area contributed by atoms with E-state index < -0.39 is 11.6 Å². The number of nitrogens with one attached hydrogen (secondary N) is 1. The Hall–Kier alpha value is -4.34. The van der Waals surface area contributed by atoms with E-state index in [9.17, 15) is 9.59 Å². The van der Waals surface area contributed by atoms with Crippen LogP contribution < -0.4 is 20.5 Å². The number of hydrogen-bond donors (Lipinski definition) is 2. The number of carbonyl (C=O) groups is 2. The van der Waals surface area contributed by atoms with Crippen LogP contribution in [0.1, 0.15) is 63.1 Å². The van der Waals surface area contributed by atoms with Crippen LogP contribution in [0, 0.1) is 0 Å². The van der Waals surface area contributed by atoms with E-state index in [1.807, 2.05) is 93.6 Å². The summed E-state index contributed by atoms with van der Waals surface area (Å²) in [4.78, 5) is 30.1. The van der Waals surface area contributed by atoms with Gasteiger partial charge in [0.1, 0.15) is 28.7 Å². The molecule has 0 spiro atoms. The van der Waals surface area contributed by atoms with Crippen LogP contribution in [-0.2, 0) is 30.9 Å². The SMILES string of the molecule is COc1ccc(CN2Cc3sc(N)c(C(=O)OC(C)(C)C)c3CC2CNC(=O)c2ccccc2OCc2ccccc2)cc1. The minimum absolute atomic E-state index is 0.0962. The molecule has 1 aromatic heterocycles. The smallest absolute Gasteiger partial charge is 0.341 e. The molecule has 3 aromatic carbocycles. The number of nitrogens with two attached hydrogens (primary N) is 1. The summed E-state index contributed by atoms with van der Waals surface area (Å²) in [7, 11) is 1.65. The van der Waals surface area contributed by atoms with E-state index >= 15 is 0 Å². The minimum atomic E-state index is -0.642. The van der Waals surface area contributed by atoms with E-state index in [0.717, 1.165) is 27.3 Å². The molecule has 1 amide bonds. The molecule has 2 heterocycles. The van der Waals surface area contributed by atoms with E-state index in [4.69, 9.17) is 19.9 Å². The van der Waals surface area contributed by atoms with Crippen LogP contribution in [0.3, 0.4) is 0 Å². The summed E-state index contributed by atoms with van der Waals surface area (Å²) < 4.78 is 17.1. The van der Waals surface area contributed by atoms with Gasteiger partial charge in [0, 0.05) is 30.6 Å². The maximum atomic E-state index is 13.5. The Morgan fingerprint density at radius 1 is 0.977 bits per heavy atom. The molecule has 44 heavy (non-hydrogen) atoms. The van der Waals surface area contributed by atoms with Crippen LogP contribution in [0.4, 0.5) is 5.00 Å². The summed E-state index contributed by atoms with van der Waals surface area (Å²) in [5, 5.41) is 3.60. The van der Waals surface area contributed by atoms with Crippen molar-refractivity contribution < 1.29 is 23.8 Å². The molecular weight excluding hydrogens is 574 g/mol. The fourth-order valence-electron chi connectivity index (χ4n) is 5.28. The standard InChI is InChI=1S/C35H39N3O5S/c1-35(2,3)43-34(40)31-28-18-25(38(21-30(28)44-32(31)36)20-23-14-16-26(41-4)17-15-23)19-37-33(39)27-12-8-9-13-29(27)42-22-24-10-6-5-7-11-24/h5-17,25H,18-22,36H2,1-4H3,(H,37,39). The summed E-state index contributed by atoms with van der Waals surface area (Å²) in [6.07, 6.45) is 0.542. The summed E-state index contributed by atoms with van der Waals surface area (Å²) in [6.45, 7) is 7.50. The van der Waals surface area contributed by atoms with Crippen molar-refractivity contribution in [3.8, 4) is 11.5 Å². The van der Waals surface area contributed by atoms with Gasteiger partial charge in [-0.3, -0.25) is 9.69 Å². The fraction of sp³-hybridized carbons (Fsp3) is 0.314. The molecule has 5 rings (SSSR count). The lowest BCUT2D eigenvalue weighted by molar-refractivity contribution is 0.00686. The van der Waals surface area contributed by atoms with Gasteiger partial charge in [-0.1, -0.05) is 54.6 Å². The van der Waals surface area contributed by atoms with Crippen molar-refractivity contribution >= 4 is 28.2 Å². The molecule has 0 radical (unpaired) electrons. The predicted octanol–water partition coefficient (Wildman–Crippen LogP) is 6.23. The highest BCUT2D eigenvalue weighted by molar-refractivity contribution is 7.16. The molecule has 3 N–H and O–H groups in total. The van der Waals surface area contributed by atoms with Crippen LogP contribution in [0.5, 0.6) is 11.5 Å². The molecule has 230 valence electrons. The molecule has 0 aliphatic carbocycles. The lowest BCUT2D eigenvalue weighted by Gasteiger charge is -2.36. The highest BCUT2D eigenvalue weighted by Gasteiger charge is 2.34. The number of amides is 1. The number of fused-ring (bicyclic) bond motifs is 1. The molecule has 0 saturated heterocycles. The third kappa shape index (κ3) is 7.59. The average Bonchev–Trinajstić information content (AvgIpc) is 3.33. The third-order valence-corrected chi connectivity index (χ3v) is 8.48. The number of esters is 1. The van der Waals surface area contributed by atoms with Gasteiger partial charge in [-0.15, -0.1) is 11.3 Å². The number of nitrogen functional groups attached to an aromatic ring is 1. The molecule has 0 saturated carbocycles. The van der Waals surface area contributed by atoms with Crippen molar-refractivity contribution in [2.45, 2.75) is 58.5 Å².